The minimum absolute atomic E-state index is 0.450. The Morgan fingerprint density at radius 2 is 1.78 bits per heavy atom. The molecule has 100 valence electrons. The number of anilines is 2. The molecule has 5 heteroatoms. The standard InChI is InChI=1S/C13H23N5/c1-8-12(16-10(3)17-13(8)18-14)15-9(2)11-6-4-5-7-11/h9,11H,4-7,14H2,1-3H3,(H2,15,16,17,18). The van der Waals surface area contributed by atoms with Crippen molar-refractivity contribution in [1.82, 2.24) is 9.97 Å². The summed E-state index contributed by atoms with van der Waals surface area (Å²) in [6, 6.07) is 0.450. The summed E-state index contributed by atoms with van der Waals surface area (Å²) in [5.41, 5.74) is 3.61. The number of aromatic nitrogens is 2. The number of hydrogen-bond acceptors (Lipinski definition) is 5. The molecule has 1 aliphatic carbocycles. The van der Waals surface area contributed by atoms with Gasteiger partial charge in [0.05, 0.1) is 0 Å². The van der Waals surface area contributed by atoms with Crippen molar-refractivity contribution in [1.29, 1.82) is 0 Å². The molecule has 0 bridgehead atoms. The predicted molar refractivity (Wildman–Crippen MR) is 74.4 cm³/mol. The van der Waals surface area contributed by atoms with E-state index in [0.29, 0.717) is 11.9 Å². The Labute approximate surface area is 109 Å². The highest BCUT2D eigenvalue weighted by molar-refractivity contribution is 5.57. The smallest absolute Gasteiger partial charge is 0.148 e. The molecule has 1 fully saturated rings. The van der Waals surface area contributed by atoms with Crippen LogP contribution in [0, 0.1) is 19.8 Å². The van der Waals surface area contributed by atoms with Crippen molar-refractivity contribution in [2.24, 2.45) is 11.8 Å². The first kappa shape index (κ1) is 13.1. The van der Waals surface area contributed by atoms with Crippen LogP contribution in [0.3, 0.4) is 0 Å². The summed E-state index contributed by atoms with van der Waals surface area (Å²) in [5, 5.41) is 3.52. The molecule has 0 amide bonds. The molecule has 2 rings (SSSR count). The average Bonchev–Trinajstić information content (AvgIpc) is 2.87. The summed E-state index contributed by atoms with van der Waals surface area (Å²) in [6.07, 6.45) is 5.35. The number of rotatable bonds is 4. The van der Waals surface area contributed by atoms with Gasteiger partial charge in [0.1, 0.15) is 17.5 Å². The zero-order valence-electron chi connectivity index (χ0n) is 11.5. The van der Waals surface area contributed by atoms with Gasteiger partial charge in [0, 0.05) is 11.6 Å². The maximum Gasteiger partial charge on any atom is 0.148 e. The van der Waals surface area contributed by atoms with Crippen LogP contribution in [-0.4, -0.2) is 16.0 Å². The summed E-state index contributed by atoms with van der Waals surface area (Å²) in [5.74, 6) is 8.56. The van der Waals surface area contributed by atoms with Gasteiger partial charge in [-0.1, -0.05) is 12.8 Å². The predicted octanol–water partition coefficient (Wildman–Crippen LogP) is 2.37. The van der Waals surface area contributed by atoms with Crippen molar-refractivity contribution < 1.29 is 0 Å². The zero-order valence-corrected chi connectivity index (χ0v) is 11.5. The fraction of sp³-hybridized carbons (Fsp3) is 0.692. The van der Waals surface area contributed by atoms with Gasteiger partial charge in [-0.15, -0.1) is 0 Å². The summed E-state index contributed by atoms with van der Waals surface area (Å²) < 4.78 is 0. The minimum Gasteiger partial charge on any atom is -0.367 e. The van der Waals surface area contributed by atoms with Gasteiger partial charge in [-0.25, -0.2) is 15.8 Å². The SMILES string of the molecule is Cc1nc(NN)c(C)c(NC(C)C2CCCC2)n1. The molecule has 0 aromatic carbocycles. The van der Waals surface area contributed by atoms with Crippen molar-refractivity contribution in [2.45, 2.75) is 52.5 Å². The summed E-state index contributed by atoms with van der Waals surface area (Å²) in [4.78, 5) is 8.74. The van der Waals surface area contributed by atoms with Crippen molar-refractivity contribution in [3.8, 4) is 0 Å². The Hall–Kier alpha value is -1.36. The minimum atomic E-state index is 0.450. The maximum atomic E-state index is 5.47. The van der Waals surface area contributed by atoms with Gasteiger partial charge in [0.25, 0.3) is 0 Å². The molecule has 1 aliphatic rings. The molecule has 1 aromatic heterocycles. The van der Waals surface area contributed by atoms with Crippen LogP contribution in [-0.2, 0) is 0 Å². The molecule has 1 atom stereocenters. The Morgan fingerprint density at radius 1 is 1.17 bits per heavy atom. The Balaban J connectivity index is 2.14. The third-order valence-electron chi connectivity index (χ3n) is 3.87. The summed E-state index contributed by atoms with van der Waals surface area (Å²) >= 11 is 0. The summed E-state index contributed by atoms with van der Waals surface area (Å²) in [6.45, 7) is 6.10. The molecule has 0 aliphatic heterocycles. The lowest BCUT2D eigenvalue weighted by atomic mass is 10.00. The molecule has 5 nitrogen and oxygen atoms in total. The second-order valence-electron chi connectivity index (χ2n) is 5.21. The first-order valence-corrected chi connectivity index (χ1v) is 6.70. The number of nitrogens with one attached hydrogen (secondary N) is 2. The number of hydrogen-bond donors (Lipinski definition) is 3. The lowest BCUT2D eigenvalue weighted by Gasteiger charge is -2.22. The highest BCUT2D eigenvalue weighted by Crippen LogP contribution is 2.30. The Bertz CT molecular complexity index is 412. The molecule has 1 unspecified atom stereocenters. The van der Waals surface area contributed by atoms with Crippen LogP contribution in [0.2, 0.25) is 0 Å². The van der Waals surface area contributed by atoms with Gasteiger partial charge in [-0.2, -0.15) is 0 Å². The molecular formula is C13H23N5. The van der Waals surface area contributed by atoms with Gasteiger partial charge in [0.15, 0.2) is 0 Å². The van der Waals surface area contributed by atoms with Gasteiger partial charge < -0.3 is 10.7 Å². The molecule has 0 radical (unpaired) electrons. The monoisotopic (exact) mass is 249 g/mol. The summed E-state index contributed by atoms with van der Waals surface area (Å²) in [7, 11) is 0. The third-order valence-corrected chi connectivity index (χ3v) is 3.87. The average molecular weight is 249 g/mol. The highest BCUT2D eigenvalue weighted by Gasteiger charge is 2.22. The number of nitrogens with zero attached hydrogens (tertiary/aromatic N) is 2. The number of aryl methyl sites for hydroxylation is 1. The second kappa shape index (κ2) is 5.52. The van der Waals surface area contributed by atoms with Gasteiger partial charge >= 0.3 is 0 Å². The molecule has 0 spiro atoms. The molecule has 1 aromatic rings. The van der Waals surface area contributed by atoms with Gasteiger partial charge in [-0.3, -0.25) is 0 Å². The fourth-order valence-electron chi connectivity index (χ4n) is 2.70. The van der Waals surface area contributed by atoms with Crippen LogP contribution in [0.1, 0.15) is 44.0 Å². The molecule has 1 heterocycles. The molecule has 1 saturated carbocycles. The van der Waals surface area contributed by atoms with Crippen molar-refractivity contribution in [2.75, 3.05) is 10.7 Å². The van der Waals surface area contributed by atoms with Crippen molar-refractivity contribution in [3.05, 3.63) is 11.4 Å². The van der Waals surface area contributed by atoms with Crippen LogP contribution < -0.4 is 16.6 Å². The van der Waals surface area contributed by atoms with E-state index < -0.39 is 0 Å². The second-order valence-corrected chi connectivity index (χ2v) is 5.21. The van der Waals surface area contributed by atoms with E-state index >= 15 is 0 Å². The van der Waals surface area contributed by atoms with Crippen molar-refractivity contribution in [3.63, 3.8) is 0 Å². The quantitative estimate of drug-likeness (QED) is 0.564. The van der Waals surface area contributed by atoms with E-state index in [-0.39, 0.29) is 0 Å². The topological polar surface area (TPSA) is 75.9 Å². The van der Waals surface area contributed by atoms with E-state index in [2.05, 4.69) is 27.6 Å². The number of nitrogens with two attached hydrogens (primary N) is 1. The lowest BCUT2D eigenvalue weighted by Crippen LogP contribution is -2.25. The van der Waals surface area contributed by atoms with E-state index in [1.807, 2.05) is 13.8 Å². The van der Waals surface area contributed by atoms with Gasteiger partial charge in [-0.05, 0) is 39.5 Å². The first-order chi connectivity index (χ1) is 8.61. The maximum absolute atomic E-state index is 5.47. The molecule has 4 N–H and O–H groups in total. The zero-order chi connectivity index (χ0) is 13.1. The van der Waals surface area contributed by atoms with E-state index in [9.17, 15) is 0 Å². The van der Waals surface area contributed by atoms with Crippen LogP contribution in [0.25, 0.3) is 0 Å². The molecule has 18 heavy (non-hydrogen) atoms. The van der Waals surface area contributed by atoms with E-state index in [4.69, 9.17) is 5.84 Å². The van der Waals surface area contributed by atoms with Crippen LogP contribution in [0.4, 0.5) is 11.6 Å². The number of hydrazine groups is 1. The normalized spacial score (nSPS) is 17.8. The highest BCUT2D eigenvalue weighted by atomic mass is 15.3. The van der Waals surface area contributed by atoms with E-state index in [1.165, 1.54) is 25.7 Å². The molecular weight excluding hydrogens is 226 g/mol. The number of nitrogen functional groups attached to an aromatic ring is 1. The first-order valence-electron chi connectivity index (χ1n) is 6.70. The van der Waals surface area contributed by atoms with Crippen molar-refractivity contribution >= 4 is 11.6 Å². The Morgan fingerprint density at radius 3 is 2.39 bits per heavy atom. The van der Waals surface area contributed by atoms with E-state index in [0.717, 1.165) is 23.1 Å². The van der Waals surface area contributed by atoms with E-state index in [1.54, 1.807) is 0 Å². The fourth-order valence-corrected chi connectivity index (χ4v) is 2.70. The largest absolute Gasteiger partial charge is 0.367 e. The van der Waals surface area contributed by atoms with Crippen LogP contribution >= 0.6 is 0 Å². The lowest BCUT2D eigenvalue weighted by molar-refractivity contribution is 0.481. The van der Waals surface area contributed by atoms with Crippen LogP contribution in [0.5, 0.6) is 0 Å². The Kier molecular flexibility index (Phi) is 4.01. The third kappa shape index (κ3) is 2.72. The van der Waals surface area contributed by atoms with Crippen LogP contribution in [0.15, 0.2) is 0 Å². The molecule has 0 saturated heterocycles. The van der Waals surface area contributed by atoms with Gasteiger partial charge in [0.2, 0.25) is 0 Å².